The van der Waals surface area contributed by atoms with Crippen molar-refractivity contribution in [3.05, 3.63) is 51.4 Å². The van der Waals surface area contributed by atoms with Gasteiger partial charge in [-0.2, -0.15) is 4.98 Å². The van der Waals surface area contributed by atoms with E-state index in [9.17, 15) is 10.1 Å². The normalized spacial score (nSPS) is 18.8. The van der Waals surface area contributed by atoms with E-state index in [0.29, 0.717) is 24.5 Å². The van der Waals surface area contributed by atoms with Gasteiger partial charge in [0.1, 0.15) is 5.82 Å². The highest BCUT2D eigenvalue weighted by molar-refractivity contribution is 7.15. The molecule has 1 aromatic carbocycles. The largest absolute Gasteiger partial charge is 0.362 e. The van der Waals surface area contributed by atoms with Crippen LogP contribution in [0.2, 0.25) is 0 Å². The summed E-state index contributed by atoms with van der Waals surface area (Å²) < 4.78 is 0. The lowest BCUT2D eigenvalue weighted by Crippen LogP contribution is -2.31. The molecule has 0 radical (unpaired) electrons. The molecule has 8 nitrogen and oxygen atoms in total. The molecule has 0 atom stereocenters. The van der Waals surface area contributed by atoms with Gasteiger partial charge in [-0.1, -0.05) is 23.5 Å². The van der Waals surface area contributed by atoms with Crippen LogP contribution in [-0.4, -0.2) is 41.6 Å². The average Bonchev–Trinajstić information content (AvgIpc) is 3.24. The second-order valence-corrected chi connectivity index (χ2v) is 9.42. The molecule has 0 amide bonds. The van der Waals surface area contributed by atoms with Gasteiger partial charge in [0, 0.05) is 43.0 Å². The smallest absolute Gasteiger partial charge is 0.324 e. The molecule has 4 rings (SSSR count). The summed E-state index contributed by atoms with van der Waals surface area (Å²) in [6, 6.07) is 11.9. The van der Waals surface area contributed by atoms with Crippen LogP contribution < -0.4 is 15.5 Å². The maximum absolute atomic E-state index is 10.8. The Kier molecular flexibility index (Phi) is 6.62. The quantitative estimate of drug-likeness (QED) is 0.395. The number of nitro groups is 1. The van der Waals surface area contributed by atoms with Gasteiger partial charge in [0.2, 0.25) is 5.95 Å². The minimum Gasteiger partial charge on any atom is -0.362 e. The van der Waals surface area contributed by atoms with Crippen LogP contribution in [0.5, 0.6) is 0 Å². The van der Waals surface area contributed by atoms with Crippen molar-refractivity contribution < 1.29 is 4.92 Å². The molecule has 31 heavy (non-hydrogen) atoms. The molecule has 0 saturated heterocycles. The van der Waals surface area contributed by atoms with Crippen LogP contribution in [-0.2, 0) is 6.54 Å². The first kappa shape index (κ1) is 21.5. The Balaban J connectivity index is 1.27. The van der Waals surface area contributed by atoms with Crippen molar-refractivity contribution in [1.82, 2.24) is 15.3 Å². The first-order chi connectivity index (χ1) is 15.0. The molecule has 9 heteroatoms. The summed E-state index contributed by atoms with van der Waals surface area (Å²) in [6.45, 7) is 1.63. The lowest BCUT2D eigenvalue weighted by molar-refractivity contribution is -0.380. The fourth-order valence-electron chi connectivity index (χ4n) is 4.12. The Hall–Kier alpha value is -2.78. The summed E-state index contributed by atoms with van der Waals surface area (Å²) >= 11 is 1.24. The van der Waals surface area contributed by atoms with Crippen molar-refractivity contribution in [3.8, 4) is 0 Å². The minimum absolute atomic E-state index is 0.205. The van der Waals surface area contributed by atoms with Gasteiger partial charge in [0.15, 0.2) is 0 Å². The highest BCUT2D eigenvalue weighted by Crippen LogP contribution is 2.28. The Bertz CT molecular complexity index is 1050. The molecule has 1 aliphatic rings. The van der Waals surface area contributed by atoms with Crippen LogP contribution in [0.25, 0.3) is 10.9 Å². The van der Waals surface area contributed by atoms with Gasteiger partial charge < -0.3 is 15.5 Å². The van der Waals surface area contributed by atoms with Gasteiger partial charge in [-0.3, -0.25) is 10.1 Å². The van der Waals surface area contributed by atoms with Gasteiger partial charge in [0.25, 0.3) is 0 Å². The number of hydrogen-bond donors (Lipinski definition) is 2. The van der Waals surface area contributed by atoms with E-state index < -0.39 is 0 Å². The number of anilines is 2. The molecule has 0 bridgehead atoms. The topological polar surface area (TPSA) is 96.2 Å². The predicted molar refractivity (Wildman–Crippen MR) is 126 cm³/mol. The molecule has 3 aromatic rings. The molecule has 1 fully saturated rings. The van der Waals surface area contributed by atoms with E-state index in [2.05, 4.69) is 16.7 Å². The van der Waals surface area contributed by atoms with Gasteiger partial charge in [-0.25, -0.2) is 4.98 Å². The van der Waals surface area contributed by atoms with E-state index in [1.165, 1.54) is 11.3 Å². The summed E-state index contributed by atoms with van der Waals surface area (Å²) in [5, 5.41) is 19.1. The highest BCUT2D eigenvalue weighted by Gasteiger charge is 2.22. The van der Waals surface area contributed by atoms with E-state index >= 15 is 0 Å². The summed E-state index contributed by atoms with van der Waals surface area (Å²) in [7, 11) is 4.01. The Labute approximate surface area is 185 Å². The number of rotatable bonds is 8. The highest BCUT2D eigenvalue weighted by atomic mass is 32.1. The van der Waals surface area contributed by atoms with Crippen LogP contribution in [0.15, 0.2) is 36.4 Å². The maximum atomic E-state index is 10.8. The third kappa shape index (κ3) is 5.29. The summed E-state index contributed by atoms with van der Waals surface area (Å²) in [6.07, 6.45) is 4.46. The number of nitrogens with zero attached hydrogens (tertiary/aromatic N) is 4. The molecule has 2 heterocycles. The molecule has 2 aromatic heterocycles. The summed E-state index contributed by atoms with van der Waals surface area (Å²) in [4.78, 5) is 23.0. The standard InChI is InChI=1S/C22H28N6O2S/c1-27(2)21-18-5-3-4-6-19(18)25-22(26-21)24-16-9-7-15(8-10-16)13-23-14-17-11-12-20(31-17)28(29)30/h3-6,11-12,15-16,23H,7-10,13-14H2,1-2H3,(H,24,25,26)/t15-,16+. The van der Waals surface area contributed by atoms with E-state index in [1.54, 1.807) is 6.07 Å². The number of benzene rings is 1. The second-order valence-electron chi connectivity index (χ2n) is 8.27. The molecule has 164 valence electrons. The zero-order valence-electron chi connectivity index (χ0n) is 17.9. The second kappa shape index (κ2) is 9.57. The third-order valence-electron chi connectivity index (χ3n) is 5.75. The minimum atomic E-state index is -0.330. The van der Waals surface area contributed by atoms with Crippen molar-refractivity contribution in [2.45, 2.75) is 38.3 Å². The molecule has 0 unspecified atom stereocenters. The van der Waals surface area contributed by atoms with Gasteiger partial charge in [-0.15, -0.1) is 0 Å². The molecule has 0 aliphatic heterocycles. The van der Waals surface area contributed by atoms with Crippen molar-refractivity contribution in [1.29, 1.82) is 0 Å². The predicted octanol–water partition coefficient (Wildman–Crippen LogP) is 4.43. The first-order valence-corrected chi connectivity index (χ1v) is 11.5. The Morgan fingerprint density at radius 3 is 2.61 bits per heavy atom. The third-order valence-corrected chi connectivity index (χ3v) is 6.78. The van der Waals surface area contributed by atoms with Gasteiger partial charge in [-0.05, 0) is 56.3 Å². The molecule has 2 N–H and O–H groups in total. The number of para-hydroxylation sites is 1. The average molecular weight is 441 g/mol. The van der Waals surface area contributed by atoms with Gasteiger partial charge >= 0.3 is 5.00 Å². The van der Waals surface area contributed by atoms with E-state index in [4.69, 9.17) is 9.97 Å². The lowest BCUT2D eigenvalue weighted by Gasteiger charge is -2.29. The lowest BCUT2D eigenvalue weighted by atomic mass is 9.86. The van der Waals surface area contributed by atoms with Crippen molar-refractivity contribution in [2.24, 2.45) is 5.92 Å². The van der Waals surface area contributed by atoms with E-state index in [0.717, 1.165) is 53.8 Å². The zero-order chi connectivity index (χ0) is 21.8. The number of aromatic nitrogens is 2. The van der Waals surface area contributed by atoms with E-state index in [1.807, 2.05) is 43.3 Å². The molecule has 1 saturated carbocycles. The number of fused-ring (bicyclic) bond motifs is 1. The van der Waals surface area contributed by atoms with Crippen LogP contribution in [0.4, 0.5) is 16.8 Å². The van der Waals surface area contributed by atoms with Crippen LogP contribution >= 0.6 is 11.3 Å². The van der Waals surface area contributed by atoms with Crippen LogP contribution in [0, 0.1) is 16.0 Å². The number of hydrogen-bond acceptors (Lipinski definition) is 8. The number of nitrogens with one attached hydrogen (secondary N) is 2. The fraction of sp³-hybridized carbons (Fsp3) is 0.455. The first-order valence-electron chi connectivity index (χ1n) is 10.6. The van der Waals surface area contributed by atoms with Crippen LogP contribution in [0.3, 0.4) is 0 Å². The molecule has 0 spiro atoms. The van der Waals surface area contributed by atoms with Crippen molar-refractivity contribution in [2.75, 3.05) is 30.9 Å². The van der Waals surface area contributed by atoms with Crippen molar-refractivity contribution >= 4 is 39.0 Å². The zero-order valence-corrected chi connectivity index (χ0v) is 18.7. The van der Waals surface area contributed by atoms with Crippen LogP contribution in [0.1, 0.15) is 30.6 Å². The molecule has 1 aliphatic carbocycles. The van der Waals surface area contributed by atoms with Gasteiger partial charge in [0.05, 0.1) is 10.4 Å². The molecular formula is C22H28N6O2S. The Morgan fingerprint density at radius 1 is 1.13 bits per heavy atom. The van der Waals surface area contributed by atoms with Crippen molar-refractivity contribution in [3.63, 3.8) is 0 Å². The summed E-state index contributed by atoms with van der Waals surface area (Å²) in [5.41, 5.74) is 0.954. The molecular weight excluding hydrogens is 412 g/mol. The maximum Gasteiger partial charge on any atom is 0.324 e. The Morgan fingerprint density at radius 2 is 1.90 bits per heavy atom. The SMILES string of the molecule is CN(C)c1nc(N[C@H]2CC[C@@H](CNCc3ccc([N+](=O)[O-])s3)CC2)nc2ccccc12. The monoisotopic (exact) mass is 440 g/mol. The number of thiophene rings is 1. The fourth-order valence-corrected chi connectivity index (χ4v) is 4.91. The van der Waals surface area contributed by atoms with E-state index in [-0.39, 0.29) is 9.92 Å². The summed E-state index contributed by atoms with van der Waals surface area (Å²) in [5.74, 6) is 2.26.